The van der Waals surface area contributed by atoms with Gasteiger partial charge in [0.05, 0.1) is 19.2 Å². The Kier molecular flexibility index (Phi) is 6.45. The molecular weight excluding hydrogens is 445 g/mol. The minimum Gasteiger partial charge on any atom is -0.465 e. The lowest BCUT2D eigenvalue weighted by Gasteiger charge is -2.13. The predicted octanol–water partition coefficient (Wildman–Crippen LogP) is 5.02. The van der Waals surface area contributed by atoms with Crippen LogP contribution in [0.3, 0.4) is 0 Å². The summed E-state index contributed by atoms with van der Waals surface area (Å²) in [6, 6.07) is 17.3. The second kappa shape index (κ2) is 9.46. The molecule has 0 aliphatic carbocycles. The Hall–Kier alpha value is -4.01. The van der Waals surface area contributed by atoms with Crippen LogP contribution in [0.1, 0.15) is 39.5 Å². The molecule has 0 spiro atoms. The molecule has 1 aromatic heterocycles. The van der Waals surface area contributed by atoms with Crippen molar-refractivity contribution in [2.45, 2.75) is 25.8 Å². The lowest BCUT2D eigenvalue weighted by atomic mass is 9.95. The van der Waals surface area contributed by atoms with Gasteiger partial charge in [-0.15, -0.1) is 10.2 Å². The average molecular weight is 466 g/mol. The Bertz CT molecular complexity index is 1330. The predicted molar refractivity (Wildman–Crippen MR) is 119 cm³/mol. The third-order valence-electron chi connectivity index (χ3n) is 5.32. The fourth-order valence-electron chi connectivity index (χ4n) is 3.55. The van der Waals surface area contributed by atoms with Gasteiger partial charge in [0.25, 0.3) is 5.92 Å². The summed E-state index contributed by atoms with van der Waals surface area (Å²) < 4.78 is 46.4. The minimum absolute atomic E-state index is 0.0688. The molecule has 0 saturated carbocycles. The van der Waals surface area contributed by atoms with E-state index in [0.717, 1.165) is 6.92 Å². The van der Waals surface area contributed by atoms with Crippen molar-refractivity contribution in [1.82, 2.24) is 20.2 Å². The Labute approximate surface area is 194 Å². The number of carbonyl (C=O) groups excluding carboxylic acids is 1. The van der Waals surface area contributed by atoms with E-state index in [1.165, 1.54) is 30.1 Å². The van der Waals surface area contributed by atoms with Crippen LogP contribution in [0.4, 0.5) is 13.2 Å². The number of benzene rings is 3. The van der Waals surface area contributed by atoms with Crippen LogP contribution in [0, 0.1) is 5.82 Å². The molecule has 1 heterocycles. The van der Waals surface area contributed by atoms with Crippen molar-refractivity contribution in [3.05, 3.63) is 100 Å². The van der Waals surface area contributed by atoms with Crippen LogP contribution in [-0.2, 0) is 23.6 Å². The molecule has 0 saturated heterocycles. The first-order chi connectivity index (χ1) is 16.2. The summed E-state index contributed by atoms with van der Waals surface area (Å²) in [5, 5.41) is 12.5. The SMILES string of the molecule is COC(=O)c1ccc(Cc2cccc(C(C)(F)F)c2)c(-c2nnn(Cc3ccccc3F)n2)c1. The van der Waals surface area contributed by atoms with Crippen LogP contribution in [0.5, 0.6) is 0 Å². The van der Waals surface area contributed by atoms with Gasteiger partial charge in [-0.3, -0.25) is 0 Å². The number of alkyl halides is 2. The Morgan fingerprint density at radius 3 is 2.56 bits per heavy atom. The molecule has 0 fully saturated rings. The van der Waals surface area contributed by atoms with Gasteiger partial charge in [-0.05, 0) is 47.0 Å². The summed E-state index contributed by atoms with van der Waals surface area (Å²) >= 11 is 0. The first kappa shape index (κ1) is 23.2. The molecule has 0 amide bonds. The van der Waals surface area contributed by atoms with Crippen molar-refractivity contribution in [2.75, 3.05) is 7.11 Å². The van der Waals surface area contributed by atoms with Gasteiger partial charge in [-0.25, -0.2) is 18.0 Å². The fourth-order valence-corrected chi connectivity index (χ4v) is 3.55. The van der Waals surface area contributed by atoms with E-state index in [9.17, 15) is 18.0 Å². The van der Waals surface area contributed by atoms with E-state index >= 15 is 0 Å². The second-order valence-electron chi connectivity index (χ2n) is 7.86. The van der Waals surface area contributed by atoms with Gasteiger partial charge in [0.2, 0.25) is 5.82 Å². The van der Waals surface area contributed by atoms with E-state index < -0.39 is 11.9 Å². The van der Waals surface area contributed by atoms with Crippen molar-refractivity contribution in [2.24, 2.45) is 0 Å². The number of rotatable bonds is 7. The highest BCUT2D eigenvalue weighted by atomic mass is 19.3. The number of carbonyl (C=O) groups is 1. The molecule has 0 bridgehead atoms. The molecule has 0 aliphatic rings. The molecule has 4 rings (SSSR count). The van der Waals surface area contributed by atoms with Crippen molar-refractivity contribution in [1.29, 1.82) is 0 Å². The lowest BCUT2D eigenvalue weighted by Crippen LogP contribution is -2.08. The van der Waals surface area contributed by atoms with Crippen molar-refractivity contribution in [3.8, 4) is 11.4 Å². The summed E-state index contributed by atoms with van der Waals surface area (Å²) in [7, 11) is 1.27. The zero-order valence-corrected chi connectivity index (χ0v) is 18.5. The summed E-state index contributed by atoms with van der Waals surface area (Å²) in [5.74, 6) is -3.68. The highest BCUT2D eigenvalue weighted by Gasteiger charge is 2.24. The monoisotopic (exact) mass is 466 g/mol. The molecule has 34 heavy (non-hydrogen) atoms. The molecule has 9 heteroatoms. The summed E-state index contributed by atoms with van der Waals surface area (Å²) in [6.07, 6.45) is 0.294. The van der Waals surface area contributed by atoms with Gasteiger partial charge in [0, 0.05) is 23.6 Å². The van der Waals surface area contributed by atoms with Gasteiger partial charge < -0.3 is 4.74 Å². The van der Waals surface area contributed by atoms with Crippen LogP contribution in [0.25, 0.3) is 11.4 Å². The van der Waals surface area contributed by atoms with E-state index in [1.54, 1.807) is 48.5 Å². The van der Waals surface area contributed by atoms with Crippen LogP contribution < -0.4 is 0 Å². The van der Waals surface area contributed by atoms with Crippen molar-refractivity contribution in [3.63, 3.8) is 0 Å². The average Bonchev–Trinajstić information content (AvgIpc) is 3.28. The van der Waals surface area contributed by atoms with E-state index in [0.29, 0.717) is 28.7 Å². The van der Waals surface area contributed by atoms with Gasteiger partial charge >= 0.3 is 5.97 Å². The molecule has 0 radical (unpaired) electrons. The highest BCUT2D eigenvalue weighted by Crippen LogP contribution is 2.29. The zero-order valence-electron chi connectivity index (χ0n) is 18.5. The minimum atomic E-state index is -2.97. The molecule has 0 unspecified atom stereocenters. The van der Waals surface area contributed by atoms with E-state index in [2.05, 4.69) is 15.4 Å². The summed E-state index contributed by atoms with van der Waals surface area (Å²) in [5.41, 5.74) is 2.44. The number of halogens is 3. The topological polar surface area (TPSA) is 69.9 Å². The van der Waals surface area contributed by atoms with Crippen molar-refractivity contribution >= 4 is 5.97 Å². The van der Waals surface area contributed by atoms with E-state index in [-0.39, 0.29) is 29.3 Å². The molecule has 0 atom stereocenters. The first-order valence-electron chi connectivity index (χ1n) is 10.4. The normalized spacial score (nSPS) is 11.4. The third kappa shape index (κ3) is 5.14. The maximum Gasteiger partial charge on any atom is 0.337 e. The molecule has 4 aromatic rings. The van der Waals surface area contributed by atoms with Crippen LogP contribution in [0.15, 0.2) is 66.7 Å². The molecule has 6 nitrogen and oxygen atoms in total. The standard InChI is InChI=1S/C25H21F3N4O2/c1-25(27,28)20-8-5-6-16(13-20)12-17-10-11-18(24(33)34-2)14-21(17)23-29-31-32(30-23)15-19-7-3-4-9-22(19)26/h3-11,13-14H,12,15H2,1-2H3. The Balaban J connectivity index is 1.70. The third-order valence-corrected chi connectivity index (χ3v) is 5.32. The van der Waals surface area contributed by atoms with Crippen LogP contribution in [-0.4, -0.2) is 33.3 Å². The number of methoxy groups -OCH3 is 1. The Morgan fingerprint density at radius 2 is 1.82 bits per heavy atom. The molecule has 0 N–H and O–H groups in total. The number of tetrazole rings is 1. The second-order valence-corrected chi connectivity index (χ2v) is 7.86. The first-order valence-corrected chi connectivity index (χ1v) is 10.4. The van der Waals surface area contributed by atoms with Crippen LogP contribution in [0.2, 0.25) is 0 Å². The molecule has 174 valence electrons. The van der Waals surface area contributed by atoms with Gasteiger partial charge in [-0.1, -0.05) is 42.5 Å². The lowest BCUT2D eigenvalue weighted by molar-refractivity contribution is 0.0174. The molecule has 0 aliphatic heterocycles. The largest absolute Gasteiger partial charge is 0.465 e. The quantitative estimate of drug-likeness (QED) is 0.358. The fraction of sp³-hybridized carbons (Fsp3) is 0.200. The Morgan fingerprint density at radius 1 is 1.03 bits per heavy atom. The maximum absolute atomic E-state index is 14.0. The summed E-state index contributed by atoms with van der Waals surface area (Å²) in [4.78, 5) is 13.3. The highest BCUT2D eigenvalue weighted by molar-refractivity contribution is 5.91. The smallest absolute Gasteiger partial charge is 0.337 e. The number of aromatic nitrogens is 4. The van der Waals surface area contributed by atoms with Gasteiger partial charge in [0.1, 0.15) is 5.82 Å². The van der Waals surface area contributed by atoms with Crippen LogP contribution >= 0.6 is 0 Å². The number of esters is 1. The molecular formula is C25H21F3N4O2. The number of hydrogen-bond donors (Lipinski definition) is 0. The maximum atomic E-state index is 14.0. The van der Waals surface area contributed by atoms with E-state index in [1.807, 2.05) is 0 Å². The summed E-state index contributed by atoms with van der Waals surface area (Å²) in [6.45, 7) is 0.916. The van der Waals surface area contributed by atoms with Gasteiger partial charge in [0.15, 0.2) is 0 Å². The number of nitrogens with zero attached hydrogens (tertiary/aromatic N) is 4. The van der Waals surface area contributed by atoms with E-state index in [4.69, 9.17) is 4.74 Å². The molecule has 3 aromatic carbocycles. The zero-order chi connectivity index (χ0) is 24.3. The van der Waals surface area contributed by atoms with Crippen molar-refractivity contribution < 1.29 is 22.7 Å². The number of ether oxygens (including phenoxy) is 1. The van der Waals surface area contributed by atoms with Gasteiger partial charge in [-0.2, -0.15) is 4.80 Å². The number of hydrogen-bond acceptors (Lipinski definition) is 5.